The number of anilines is 2. The number of hydrogen-bond donors (Lipinski definition) is 2. The van der Waals surface area contributed by atoms with Gasteiger partial charge < -0.3 is 20.5 Å². The SMILES string of the molecule is COc1cc2nc(C)nc(N[C@H](C)c3cc(N)cc(C(F)(F)F)c3C)c2cc1OC[C@@H]1CC[C@@H](C)N1C. The number of likely N-dealkylation sites (N-methyl/N-ethyl adjacent to an activating group) is 1. The van der Waals surface area contributed by atoms with Crippen LogP contribution in [0.25, 0.3) is 10.9 Å². The highest BCUT2D eigenvalue weighted by Crippen LogP contribution is 2.39. The first-order valence-electron chi connectivity index (χ1n) is 12.3. The molecule has 0 aliphatic carbocycles. The number of benzene rings is 2. The van der Waals surface area contributed by atoms with Gasteiger partial charge in [0.25, 0.3) is 0 Å². The second kappa shape index (κ2) is 10.2. The normalized spacial score (nSPS) is 19.3. The van der Waals surface area contributed by atoms with E-state index in [9.17, 15) is 13.2 Å². The van der Waals surface area contributed by atoms with Gasteiger partial charge in [0.15, 0.2) is 11.5 Å². The number of ether oxygens (including phenoxy) is 2. The lowest BCUT2D eigenvalue weighted by Gasteiger charge is -2.24. The highest BCUT2D eigenvalue weighted by Gasteiger charge is 2.34. The van der Waals surface area contributed by atoms with Crippen LogP contribution in [0.3, 0.4) is 0 Å². The Balaban J connectivity index is 1.69. The first kappa shape index (κ1) is 26.8. The fraction of sp³-hybridized carbons (Fsp3) is 0.481. The Morgan fingerprint density at radius 1 is 1.14 bits per heavy atom. The van der Waals surface area contributed by atoms with Crippen LogP contribution in [0.5, 0.6) is 11.5 Å². The quantitative estimate of drug-likeness (QED) is 0.378. The number of aromatic nitrogens is 2. The first-order chi connectivity index (χ1) is 17.4. The minimum Gasteiger partial charge on any atom is -0.493 e. The van der Waals surface area contributed by atoms with Crippen LogP contribution in [-0.2, 0) is 6.18 Å². The highest BCUT2D eigenvalue weighted by molar-refractivity contribution is 5.92. The van der Waals surface area contributed by atoms with E-state index in [0.29, 0.717) is 58.3 Å². The molecule has 1 aromatic heterocycles. The molecule has 3 N–H and O–H groups in total. The summed E-state index contributed by atoms with van der Waals surface area (Å²) in [6.07, 6.45) is -2.32. The summed E-state index contributed by atoms with van der Waals surface area (Å²) in [6.45, 7) is 7.71. The van der Waals surface area contributed by atoms with Crippen molar-refractivity contribution in [2.45, 2.75) is 64.8 Å². The summed E-state index contributed by atoms with van der Waals surface area (Å²) in [6, 6.07) is 6.45. The minimum atomic E-state index is -4.50. The molecule has 200 valence electrons. The van der Waals surface area contributed by atoms with Gasteiger partial charge in [0.2, 0.25) is 0 Å². The number of fused-ring (bicyclic) bond motifs is 1. The van der Waals surface area contributed by atoms with Crippen molar-refractivity contribution in [3.63, 3.8) is 0 Å². The summed E-state index contributed by atoms with van der Waals surface area (Å²) in [5.74, 6) is 2.12. The molecule has 0 spiro atoms. The molecule has 0 radical (unpaired) electrons. The number of halogens is 3. The number of nitrogens with one attached hydrogen (secondary N) is 1. The highest BCUT2D eigenvalue weighted by atomic mass is 19.4. The number of rotatable bonds is 7. The molecular formula is C27H34F3N5O2. The molecule has 1 fully saturated rings. The van der Waals surface area contributed by atoms with Crippen molar-refractivity contribution in [1.82, 2.24) is 14.9 Å². The zero-order valence-electron chi connectivity index (χ0n) is 22.0. The fourth-order valence-corrected chi connectivity index (χ4v) is 5.01. The lowest BCUT2D eigenvalue weighted by Crippen LogP contribution is -2.34. The predicted octanol–water partition coefficient (Wildman–Crippen LogP) is 5.89. The lowest BCUT2D eigenvalue weighted by molar-refractivity contribution is -0.138. The molecule has 3 atom stereocenters. The van der Waals surface area contributed by atoms with Gasteiger partial charge in [-0.2, -0.15) is 13.2 Å². The van der Waals surface area contributed by atoms with E-state index in [1.54, 1.807) is 33.1 Å². The molecule has 0 bridgehead atoms. The molecule has 7 nitrogen and oxygen atoms in total. The Bertz CT molecular complexity index is 1300. The topological polar surface area (TPSA) is 85.5 Å². The fourth-order valence-electron chi connectivity index (χ4n) is 5.01. The van der Waals surface area contributed by atoms with Crippen LogP contribution < -0.4 is 20.5 Å². The molecule has 1 aliphatic rings. The Morgan fingerprint density at radius 3 is 2.49 bits per heavy atom. The van der Waals surface area contributed by atoms with Crippen LogP contribution in [0.4, 0.5) is 24.7 Å². The Hall–Kier alpha value is -3.27. The number of alkyl halides is 3. The summed E-state index contributed by atoms with van der Waals surface area (Å²) in [7, 11) is 3.68. The number of nitrogens with zero attached hydrogens (tertiary/aromatic N) is 3. The Labute approximate surface area is 215 Å². The summed E-state index contributed by atoms with van der Waals surface area (Å²) in [5.41, 5.74) is 6.35. The van der Waals surface area contributed by atoms with Gasteiger partial charge in [0, 0.05) is 29.2 Å². The van der Waals surface area contributed by atoms with E-state index in [2.05, 4.69) is 34.2 Å². The van der Waals surface area contributed by atoms with Crippen LogP contribution in [0, 0.1) is 13.8 Å². The summed E-state index contributed by atoms with van der Waals surface area (Å²) >= 11 is 0. The van der Waals surface area contributed by atoms with Gasteiger partial charge in [-0.3, -0.25) is 4.90 Å². The molecule has 0 unspecified atom stereocenters. The maximum absolute atomic E-state index is 13.6. The molecule has 1 saturated heterocycles. The first-order valence-corrected chi connectivity index (χ1v) is 12.3. The second-order valence-corrected chi connectivity index (χ2v) is 9.84. The van der Waals surface area contributed by atoms with Crippen molar-refractivity contribution in [3.8, 4) is 11.5 Å². The molecule has 0 amide bonds. The van der Waals surface area contributed by atoms with E-state index < -0.39 is 17.8 Å². The number of likely N-dealkylation sites (tertiary alicyclic amines) is 1. The molecule has 3 aromatic rings. The van der Waals surface area contributed by atoms with Crippen molar-refractivity contribution in [2.75, 3.05) is 31.8 Å². The van der Waals surface area contributed by atoms with E-state index >= 15 is 0 Å². The summed E-state index contributed by atoms with van der Waals surface area (Å²) < 4.78 is 52.5. The zero-order valence-corrected chi connectivity index (χ0v) is 22.0. The van der Waals surface area contributed by atoms with Gasteiger partial charge in [-0.25, -0.2) is 9.97 Å². The summed E-state index contributed by atoms with van der Waals surface area (Å²) in [5, 5.41) is 3.96. The van der Waals surface area contributed by atoms with E-state index in [4.69, 9.17) is 15.2 Å². The van der Waals surface area contributed by atoms with E-state index in [-0.39, 0.29) is 11.3 Å². The molecule has 10 heteroatoms. The van der Waals surface area contributed by atoms with E-state index in [0.717, 1.165) is 18.9 Å². The van der Waals surface area contributed by atoms with Gasteiger partial charge in [-0.15, -0.1) is 0 Å². The van der Waals surface area contributed by atoms with Crippen LogP contribution in [-0.4, -0.2) is 47.7 Å². The van der Waals surface area contributed by atoms with Crippen molar-refractivity contribution < 1.29 is 22.6 Å². The van der Waals surface area contributed by atoms with Gasteiger partial charge in [0.05, 0.1) is 24.2 Å². The third-order valence-electron chi connectivity index (χ3n) is 7.31. The number of nitrogens with two attached hydrogens (primary N) is 1. The molecule has 2 heterocycles. The van der Waals surface area contributed by atoms with Crippen LogP contribution in [0.15, 0.2) is 24.3 Å². The van der Waals surface area contributed by atoms with E-state index in [1.807, 2.05) is 6.07 Å². The van der Waals surface area contributed by atoms with Gasteiger partial charge in [0.1, 0.15) is 18.2 Å². The predicted molar refractivity (Wildman–Crippen MR) is 139 cm³/mol. The number of hydrogen-bond acceptors (Lipinski definition) is 7. The average Bonchev–Trinajstić information content (AvgIpc) is 3.14. The monoisotopic (exact) mass is 517 g/mol. The lowest BCUT2D eigenvalue weighted by atomic mass is 9.96. The molecular weight excluding hydrogens is 483 g/mol. The van der Waals surface area contributed by atoms with Crippen molar-refractivity contribution in [1.29, 1.82) is 0 Å². The van der Waals surface area contributed by atoms with E-state index in [1.165, 1.54) is 6.92 Å². The van der Waals surface area contributed by atoms with Gasteiger partial charge in [-0.05, 0) is 76.9 Å². The third-order valence-corrected chi connectivity index (χ3v) is 7.31. The molecule has 0 saturated carbocycles. The minimum absolute atomic E-state index is 0.0527. The van der Waals surface area contributed by atoms with Crippen LogP contribution in [0.1, 0.15) is 55.2 Å². The Kier molecular flexibility index (Phi) is 7.41. The maximum Gasteiger partial charge on any atom is 0.416 e. The molecule has 37 heavy (non-hydrogen) atoms. The van der Waals surface area contributed by atoms with Crippen molar-refractivity contribution in [2.24, 2.45) is 0 Å². The standard InChI is InChI=1S/C27H34F3N5O2/c1-14-7-8-19(35(14)5)13-37-25-11-21-23(12-24(25)36-6)33-17(4)34-26(21)32-16(3)20-9-18(31)10-22(15(20)2)27(28,29)30/h9-12,14,16,19H,7-8,13,31H2,1-6H3,(H,32,33,34)/t14-,16-,19+/m1/s1. The zero-order chi connectivity index (χ0) is 27.1. The van der Waals surface area contributed by atoms with Gasteiger partial charge >= 0.3 is 6.18 Å². The maximum atomic E-state index is 13.6. The smallest absolute Gasteiger partial charge is 0.416 e. The number of aryl methyl sites for hydroxylation is 1. The van der Waals surface area contributed by atoms with Gasteiger partial charge in [-0.1, -0.05) is 0 Å². The molecule has 2 aromatic carbocycles. The second-order valence-electron chi connectivity index (χ2n) is 9.84. The number of methoxy groups -OCH3 is 1. The largest absolute Gasteiger partial charge is 0.493 e. The summed E-state index contributed by atoms with van der Waals surface area (Å²) in [4.78, 5) is 11.4. The average molecular weight is 518 g/mol. The van der Waals surface area contributed by atoms with Crippen LogP contribution in [0.2, 0.25) is 0 Å². The van der Waals surface area contributed by atoms with Crippen molar-refractivity contribution in [3.05, 3.63) is 46.8 Å². The number of nitrogen functional groups attached to an aromatic ring is 1. The molecule has 4 rings (SSSR count). The molecule has 1 aliphatic heterocycles. The third kappa shape index (κ3) is 5.53. The van der Waals surface area contributed by atoms with Crippen LogP contribution >= 0.6 is 0 Å². The van der Waals surface area contributed by atoms with Crippen molar-refractivity contribution >= 4 is 22.4 Å². The Morgan fingerprint density at radius 2 is 1.86 bits per heavy atom.